The highest BCUT2D eigenvalue weighted by molar-refractivity contribution is 5.89. The third kappa shape index (κ3) is 2.59. The van der Waals surface area contributed by atoms with E-state index in [0.717, 1.165) is 22.5 Å². The standard InChI is InChI=1S/C19H19N5O3/c1-3-24-18-15(11(2)22-24)16(14(10-20)17(21)27-18)12-4-6-13(7-5-12)23-8-9-26-19(23)25/h4-7,16H,3,8-9,21H2,1-2H3. The molecule has 8 heteroatoms. The average Bonchev–Trinajstić information content (AvgIpc) is 3.24. The number of aryl methyl sites for hydroxylation is 2. The van der Waals surface area contributed by atoms with Crippen LogP contribution >= 0.6 is 0 Å². The van der Waals surface area contributed by atoms with Gasteiger partial charge in [-0.3, -0.25) is 4.90 Å². The molecule has 1 aromatic heterocycles. The van der Waals surface area contributed by atoms with Gasteiger partial charge in [-0.25, -0.2) is 9.48 Å². The van der Waals surface area contributed by atoms with Crippen LogP contribution in [0.2, 0.25) is 0 Å². The Morgan fingerprint density at radius 2 is 2.11 bits per heavy atom. The van der Waals surface area contributed by atoms with Gasteiger partial charge in [0.15, 0.2) is 0 Å². The van der Waals surface area contributed by atoms with Crippen molar-refractivity contribution < 1.29 is 14.3 Å². The molecule has 2 aliphatic rings. The van der Waals surface area contributed by atoms with Crippen LogP contribution in [0, 0.1) is 18.3 Å². The van der Waals surface area contributed by atoms with E-state index in [-0.39, 0.29) is 17.9 Å². The maximum Gasteiger partial charge on any atom is 0.414 e. The van der Waals surface area contributed by atoms with Crippen LogP contribution in [-0.4, -0.2) is 29.0 Å². The number of hydrogen-bond acceptors (Lipinski definition) is 6. The van der Waals surface area contributed by atoms with Gasteiger partial charge in [-0.05, 0) is 31.5 Å². The van der Waals surface area contributed by atoms with Crippen molar-refractivity contribution in [1.29, 1.82) is 5.26 Å². The molecule has 4 rings (SSSR count). The highest BCUT2D eigenvalue weighted by Gasteiger charge is 2.35. The van der Waals surface area contributed by atoms with E-state index in [4.69, 9.17) is 15.2 Å². The Bertz CT molecular complexity index is 984. The normalized spacial score (nSPS) is 18.8. The van der Waals surface area contributed by atoms with Crippen molar-refractivity contribution in [3.63, 3.8) is 0 Å². The average molecular weight is 365 g/mol. The molecule has 0 saturated carbocycles. The molecule has 1 unspecified atom stereocenters. The molecule has 2 aromatic rings. The van der Waals surface area contributed by atoms with Gasteiger partial charge in [0, 0.05) is 12.2 Å². The number of cyclic esters (lactones) is 1. The molecular formula is C19H19N5O3. The summed E-state index contributed by atoms with van der Waals surface area (Å²) in [6.45, 7) is 5.41. The molecule has 138 valence electrons. The summed E-state index contributed by atoms with van der Waals surface area (Å²) in [4.78, 5) is 13.3. The third-order valence-electron chi connectivity index (χ3n) is 4.89. The molecule has 0 bridgehead atoms. The molecule has 8 nitrogen and oxygen atoms in total. The fourth-order valence-corrected chi connectivity index (χ4v) is 3.60. The number of anilines is 1. The van der Waals surface area contributed by atoms with E-state index >= 15 is 0 Å². The number of nitriles is 1. The molecule has 27 heavy (non-hydrogen) atoms. The molecule has 2 aliphatic heterocycles. The maximum absolute atomic E-state index is 11.8. The second-order valence-electron chi connectivity index (χ2n) is 6.40. The molecule has 0 spiro atoms. The van der Waals surface area contributed by atoms with E-state index in [9.17, 15) is 10.1 Å². The fraction of sp³-hybridized carbons (Fsp3) is 0.316. The number of carbonyl (C=O) groups is 1. The van der Waals surface area contributed by atoms with Crippen LogP contribution in [0.15, 0.2) is 35.7 Å². The summed E-state index contributed by atoms with van der Waals surface area (Å²) in [6.07, 6.45) is -0.349. The number of aromatic nitrogens is 2. The third-order valence-corrected chi connectivity index (χ3v) is 4.89. The first-order valence-corrected chi connectivity index (χ1v) is 8.74. The number of nitrogens with zero attached hydrogens (tertiary/aromatic N) is 4. The van der Waals surface area contributed by atoms with E-state index in [2.05, 4.69) is 11.2 Å². The number of nitrogens with two attached hydrogens (primary N) is 1. The Hall–Kier alpha value is -3.47. The predicted molar refractivity (Wildman–Crippen MR) is 97.1 cm³/mol. The zero-order valence-electron chi connectivity index (χ0n) is 15.1. The first-order valence-electron chi connectivity index (χ1n) is 8.74. The van der Waals surface area contributed by atoms with Crippen molar-refractivity contribution >= 4 is 11.8 Å². The summed E-state index contributed by atoms with van der Waals surface area (Å²) in [5.74, 6) is 0.305. The van der Waals surface area contributed by atoms with E-state index in [1.807, 2.05) is 38.1 Å². The van der Waals surface area contributed by atoms with E-state index in [0.29, 0.717) is 31.1 Å². The lowest BCUT2D eigenvalue weighted by Crippen LogP contribution is -2.24. The number of benzene rings is 1. The van der Waals surface area contributed by atoms with Crippen LogP contribution in [0.25, 0.3) is 0 Å². The molecule has 0 aliphatic carbocycles. The van der Waals surface area contributed by atoms with Gasteiger partial charge < -0.3 is 15.2 Å². The minimum atomic E-state index is -0.362. The highest BCUT2D eigenvalue weighted by atomic mass is 16.6. The number of hydrogen-bond donors (Lipinski definition) is 1. The van der Waals surface area contributed by atoms with Crippen LogP contribution < -0.4 is 15.4 Å². The molecule has 2 N–H and O–H groups in total. The van der Waals surface area contributed by atoms with Crippen LogP contribution in [0.5, 0.6) is 5.88 Å². The van der Waals surface area contributed by atoms with Gasteiger partial charge in [0.05, 0.1) is 23.7 Å². The number of fused-ring (bicyclic) bond motifs is 1. The molecule has 0 radical (unpaired) electrons. The zero-order valence-corrected chi connectivity index (χ0v) is 15.1. The Labute approximate surface area is 156 Å². The van der Waals surface area contributed by atoms with Crippen LogP contribution in [0.1, 0.15) is 29.7 Å². The van der Waals surface area contributed by atoms with Gasteiger partial charge in [-0.15, -0.1) is 0 Å². The number of rotatable bonds is 3. The Morgan fingerprint density at radius 3 is 2.70 bits per heavy atom. The molecule has 1 fully saturated rings. The van der Waals surface area contributed by atoms with Crippen LogP contribution in [-0.2, 0) is 11.3 Å². The molecule has 1 aromatic carbocycles. The smallest absolute Gasteiger partial charge is 0.414 e. The summed E-state index contributed by atoms with van der Waals surface area (Å²) >= 11 is 0. The molecule has 3 heterocycles. The lowest BCUT2D eigenvalue weighted by atomic mass is 9.84. The first-order chi connectivity index (χ1) is 13.0. The van der Waals surface area contributed by atoms with E-state index in [1.165, 1.54) is 0 Å². The van der Waals surface area contributed by atoms with Crippen LogP contribution in [0.4, 0.5) is 10.5 Å². The summed E-state index contributed by atoms with van der Waals surface area (Å²) in [5, 5.41) is 14.2. The van der Waals surface area contributed by atoms with Gasteiger partial charge in [-0.2, -0.15) is 10.4 Å². The first kappa shape index (κ1) is 17.0. The second-order valence-corrected chi connectivity index (χ2v) is 6.40. The molecule has 1 amide bonds. The van der Waals surface area contributed by atoms with Crippen molar-refractivity contribution in [3.05, 3.63) is 52.5 Å². The number of amides is 1. The number of allylic oxidation sites excluding steroid dienone is 1. The minimum Gasteiger partial charge on any atom is -0.447 e. The number of ether oxygens (including phenoxy) is 2. The molecular weight excluding hydrogens is 346 g/mol. The second kappa shape index (κ2) is 6.36. The lowest BCUT2D eigenvalue weighted by molar-refractivity contribution is 0.181. The minimum absolute atomic E-state index is 0.0943. The SMILES string of the molecule is CCn1nc(C)c2c1OC(N)=C(C#N)C2c1ccc(N2CCOC2=O)cc1. The quantitative estimate of drug-likeness (QED) is 0.895. The van der Waals surface area contributed by atoms with Crippen molar-refractivity contribution in [2.24, 2.45) is 5.73 Å². The van der Waals surface area contributed by atoms with Crippen molar-refractivity contribution in [3.8, 4) is 11.9 Å². The largest absolute Gasteiger partial charge is 0.447 e. The highest BCUT2D eigenvalue weighted by Crippen LogP contribution is 2.44. The fourth-order valence-electron chi connectivity index (χ4n) is 3.60. The van der Waals surface area contributed by atoms with Gasteiger partial charge in [0.1, 0.15) is 18.2 Å². The summed E-state index contributed by atoms with van der Waals surface area (Å²) in [5.41, 5.74) is 9.67. The maximum atomic E-state index is 11.8. The monoisotopic (exact) mass is 365 g/mol. The van der Waals surface area contributed by atoms with Crippen molar-refractivity contribution in [2.45, 2.75) is 26.3 Å². The van der Waals surface area contributed by atoms with Gasteiger partial charge in [-0.1, -0.05) is 12.1 Å². The predicted octanol–water partition coefficient (Wildman–Crippen LogP) is 2.39. The van der Waals surface area contributed by atoms with Crippen molar-refractivity contribution in [2.75, 3.05) is 18.1 Å². The molecule has 1 saturated heterocycles. The summed E-state index contributed by atoms with van der Waals surface area (Å²) in [7, 11) is 0. The van der Waals surface area contributed by atoms with Crippen LogP contribution in [0.3, 0.4) is 0 Å². The summed E-state index contributed by atoms with van der Waals surface area (Å²) < 4.78 is 12.4. The van der Waals surface area contributed by atoms with Gasteiger partial charge in [0.2, 0.25) is 11.8 Å². The van der Waals surface area contributed by atoms with Crippen molar-refractivity contribution in [1.82, 2.24) is 9.78 Å². The Kier molecular flexibility index (Phi) is 4.00. The van der Waals surface area contributed by atoms with Gasteiger partial charge >= 0.3 is 6.09 Å². The Morgan fingerprint density at radius 1 is 1.37 bits per heavy atom. The lowest BCUT2D eigenvalue weighted by Gasteiger charge is -2.25. The Balaban J connectivity index is 1.79. The van der Waals surface area contributed by atoms with Gasteiger partial charge in [0.25, 0.3) is 0 Å². The number of carbonyl (C=O) groups excluding carboxylic acids is 1. The topological polar surface area (TPSA) is 106 Å². The zero-order chi connectivity index (χ0) is 19.1. The van der Waals surface area contributed by atoms with E-state index in [1.54, 1.807) is 9.58 Å². The molecule has 1 atom stereocenters. The summed E-state index contributed by atoms with van der Waals surface area (Å²) in [6, 6.07) is 9.67. The van der Waals surface area contributed by atoms with E-state index < -0.39 is 0 Å².